The fraction of sp³-hybridized carbons (Fsp3) is 0.833. The van der Waals surface area contributed by atoms with Crippen molar-refractivity contribution in [2.45, 2.75) is 56.7 Å². The summed E-state index contributed by atoms with van der Waals surface area (Å²) in [6.07, 6.45) is 5.48. The van der Waals surface area contributed by atoms with Crippen LogP contribution in [0.4, 0.5) is 0 Å². The lowest BCUT2D eigenvalue weighted by molar-refractivity contribution is -0.183. The summed E-state index contributed by atoms with van der Waals surface area (Å²) in [5.41, 5.74) is -0.615. The normalized spacial score (nSPS) is 27.6. The summed E-state index contributed by atoms with van der Waals surface area (Å²) in [6, 6.07) is 0. The maximum Gasteiger partial charge on any atom is 0.321 e. The van der Waals surface area contributed by atoms with Gasteiger partial charge in [0.15, 0.2) is 0 Å². The highest BCUT2D eigenvalue weighted by atomic mass is 35.5. The predicted molar refractivity (Wildman–Crippen MR) is 61.7 cm³/mol. The molecule has 0 N–H and O–H groups in total. The fourth-order valence-corrected chi connectivity index (χ4v) is 2.84. The van der Waals surface area contributed by atoms with Crippen molar-refractivity contribution in [1.29, 1.82) is 0 Å². The number of ether oxygens (including phenoxy) is 2. The van der Waals surface area contributed by atoms with E-state index in [0.29, 0.717) is 12.8 Å². The van der Waals surface area contributed by atoms with Gasteiger partial charge in [0, 0.05) is 6.42 Å². The molecule has 1 heterocycles. The number of esters is 2. The van der Waals surface area contributed by atoms with Crippen molar-refractivity contribution in [3.8, 4) is 0 Å². The van der Waals surface area contributed by atoms with Crippen LogP contribution in [-0.4, -0.2) is 29.5 Å². The van der Waals surface area contributed by atoms with E-state index < -0.39 is 11.6 Å². The number of cyclic esters (lactones) is 1. The third-order valence-electron chi connectivity index (χ3n) is 3.60. The molecule has 4 nitrogen and oxygen atoms in total. The van der Waals surface area contributed by atoms with Crippen LogP contribution in [0.3, 0.4) is 0 Å². The van der Waals surface area contributed by atoms with Gasteiger partial charge in [-0.3, -0.25) is 9.59 Å². The molecular formula is C12H17ClO4. The minimum Gasteiger partial charge on any atom is -0.458 e. The Morgan fingerprint density at radius 2 is 2.12 bits per heavy atom. The van der Waals surface area contributed by atoms with Gasteiger partial charge in [-0.2, -0.15) is 0 Å². The van der Waals surface area contributed by atoms with Crippen LogP contribution in [-0.2, 0) is 19.1 Å². The summed E-state index contributed by atoms with van der Waals surface area (Å²) in [4.78, 5) is 22.6. The molecule has 1 aliphatic carbocycles. The van der Waals surface area contributed by atoms with Gasteiger partial charge in [0.2, 0.25) is 0 Å². The Hall–Kier alpha value is -0.770. The molecule has 0 bridgehead atoms. The molecule has 0 aromatic heterocycles. The molecule has 1 unspecified atom stereocenters. The van der Waals surface area contributed by atoms with Crippen LogP contribution in [0.2, 0.25) is 0 Å². The van der Waals surface area contributed by atoms with Crippen LogP contribution in [0.1, 0.15) is 44.9 Å². The molecule has 1 saturated heterocycles. The van der Waals surface area contributed by atoms with Gasteiger partial charge in [0.1, 0.15) is 17.6 Å². The molecule has 1 saturated carbocycles. The maximum absolute atomic E-state index is 11.4. The highest BCUT2D eigenvalue weighted by molar-refractivity contribution is 6.26. The van der Waals surface area contributed by atoms with E-state index in [0.717, 1.165) is 32.1 Å². The highest BCUT2D eigenvalue weighted by Gasteiger charge is 2.47. The van der Waals surface area contributed by atoms with Crippen molar-refractivity contribution in [2.24, 2.45) is 0 Å². The Bertz CT molecular complexity index is 310. The molecule has 0 aromatic rings. The Balaban J connectivity index is 2.11. The zero-order valence-corrected chi connectivity index (χ0v) is 10.5. The zero-order valence-electron chi connectivity index (χ0n) is 9.75. The molecule has 0 aromatic carbocycles. The second-order valence-corrected chi connectivity index (χ2v) is 5.02. The lowest BCUT2D eigenvalue weighted by Gasteiger charge is -2.40. The van der Waals surface area contributed by atoms with Crippen molar-refractivity contribution in [3.63, 3.8) is 0 Å². The lowest BCUT2D eigenvalue weighted by atomic mass is 9.79. The van der Waals surface area contributed by atoms with Gasteiger partial charge in [-0.1, -0.05) is 6.42 Å². The van der Waals surface area contributed by atoms with Gasteiger partial charge in [0.25, 0.3) is 0 Å². The van der Waals surface area contributed by atoms with Crippen LogP contribution >= 0.6 is 11.6 Å². The maximum atomic E-state index is 11.4. The first kappa shape index (κ1) is 12.7. The lowest BCUT2D eigenvalue weighted by Crippen LogP contribution is -2.48. The zero-order chi connectivity index (χ0) is 12.3. The van der Waals surface area contributed by atoms with E-state index in [-0.39, 0.29) is 18.0 Å². The molecule has 1 aliphatic heterocycles. The number of alkyl halides is 1. The van der Waals surface area contributed by atoms with E-state index in [1.165, 1.54) is 0 Å². The van der Waals surface area contributed by atoms with Crippen molar-refractivity contribution in [3.05, 3.63) is 0 Å². The Kier molecular flexibility index (Phi) is 3.92. The smallest absolute Gasteiger partial charge is 0.321 e. The largest absolute Gasteiger partial charge is 0.458 e. The molecular weight excluding hydrogens is 244 g/mol. The van der Waals surface area contributed by atoms with Gasteiger partial charge in [-0.05, 0) is 32.1 Å². The molecule has 0 radical (unpaired) electrons. The topological polar surface area (TPSA) is 52.6 Å². The quantitative estimate of drug-likeness (QED) is 0.577. The molecule has 17 heavy (non-hydrogen) atoms. The Morgan fingerprint density at radius 1 is 1.41 bits per heavy atom. The standard InChI is InChI=1S/C12H17ClO4/c13-8-11(15)17-12(6-2-1-3-7-12)9-4-5-10(14)16-9/h9H,1-8H2. The average Bonchev–Trinajstić information content (AvgIpc) is 2.77. The number of rotatable bonds is 3. The summed E-state index contributed by atoms with van der Waals surface area (Å²) < 4.78 is 10.8. The number of carbonyl (C=O) groups is 2. The van der Waals surface area contributed by atoms with Gasteiger partial charge >= 0.3 is 11.9 Å². The summed E-state index contributed by atoms with van der Waals surface area (Å²) in [6.45, 7) is 0. The van der Waals surface area contributed by atoms with Gasteiger partial charge < -0.3 is 9.47 Å². The molecule has 96 valence electrons. The third kappa shape index (κ3) is 2.73. The van der Waals surface area contributed by atoms with Crippen molar-refractivity contribution < 1.29 is 19.1 Å². The predicted octanol–water partition coefficient (Wildman–Crippen LogP) is 2.18. The van der Waals surface area contributed by atoms with Crippen molar-refractivity contribution in [2.75, 3.05) is 5.88 Å². The van der Waals surface area contributed by atoms with E-state index in [1.807, 2.05) is 0 Å². The van der Waals surface area contributed by atoms with Crippen molar-refractivity contribution in [1.82, 2.24) is 0 Å². The van der Waals surface area contributed by atoms with Crippen LogP contribution in [0, 0.1) is 0 Å². The van der Waals surface area contributed by atoms with E-state index in [4.69, 9.17) is 21.1 Å². The molecule has 1 atom stereocenters. The minimum atomic E-state index is -0.615. The van der Waals surface area contributed by atoms with E-state index >= 15 is 0 Å². The molecule has 2 rings (SSSR count). The summed E-state index contributed by atoms with van der Waals surface area (Å²) in [7, 11) is 0. The summed E-state index contributed by atoms with van der Waals surface area (Å²) in [5, 5.41) is 0. The number of halogens is 1. The first-order valence-corrected chi connectivity index (χ1v) is 6.67. The first-order valence-electron chi connectivity index (χ1n) is 6.13. The van der Waals surface area contributed by atoms with E-state index in [9.17, 15) is 9.59 Å². The second-order valence-electron chi connectivity index (χ2n) is 4.75. The van der Waals surface area contributed by atoms with Gasteiger partial charge in [-0.25, -0.2) is 0 Å². The molecule has 0 spiro atoms. The Morgan fingerprint density at radius 3 is 2.65 bits per heavy atom. The highest BCUT2D eigenvalue weighted by Crippen LogP contribution is 2.40. The fourth-order valence-electron chi connectivity index (χ4n) is 2.79. The van der Waals surface area contributed by atoms with E-state index in [1.54, 1.807) is 0 Å². The number of hydrogen-bond donors (Lipinski definition) is 0. The van der Waals surface area contributed by atoms with Crippen LogP contribution in [0.5, 0.6) is 0 Å². The number of hydrogen-bond acceptors (Lipinski definition) is 4. The van der Waals surface area contributed by atoms with Crippen LogP contribution < -0.4 is 0 Å². The second kappa shape index (κ2) is 5.25. The van der Waals surface area contributed by atoms with Crippen LogP contribution in [0.25, 0.3) is 0 Å². The minimum absolute atomic E-state index is 0.150. The first-order chi connectivity index (χ1) is 8.16. The monoisotopic (exact) mass is 260 g/mol. The molecule has 0 amide bonds. The van der Waals surface area contributed by atoms with E-state index in [2.05, 4.69) is 0 Å². The average molecular weight is 261 g/mol. The summed E-state index contributed by atoms with van der Waals surface area (Å²) >= 11 is 5.49. The van der Waals surface area contributed by atoms with Gasteiger partial charge in [0.05, 0.1) is 0 Å². The Labute approximate surface area is 106 Å². The molecule has 2 fully saturated rings. The van der Waals surface area contributed by atoms with Crippen LogP contribution in [0.15, 0.2) is 0 Å². The SMILES string of the molecule is O=C1CCC(C2(OC(=O)CCl)CCCCC2)O1. The molecule has 2 aliphatic rings. The third-order valence-corrected chi connectivity index (χ3v) is 3.82. The number of carbonyl (C=O) groups excluding carboxylic acids is 2. The van der Waals surface area contributed by atoms with Gasteiger partial charge in [-0.15, -0.1) is 11.6 Å². The van der Waals surface area contributed by atoms with Crippen molar-refractivity contribution >= 4 is 23.5 Å². The molecule has 5 heteroatoms. The summed E-state index contributed by atoms with van der Waals surface area (Å²) in [5.74, 6) is -0.763.